The van der Waals surface area contributed by atoms with Gasteiger partial charge >= 0.3 is 0 Å². The fourth-order valence-electron chi connectivity index (χ4n) is 4.79. The molecule has 0 unspecified atom stereocenters. The predicted molar refractivity (Wildman–Crippen MR) is 164 cm³/mol. The molecular formula is C32H28N6O2S. The second kappa shape index (κ2) is 12.2. The smallest absolute Gasteiger partial charge is 0.264 e. The van der Waals surface area contributed by atoms with Gasteiger partial charge in [-0.3, -0.25) is 14.8 Å². The van der Waals surface area contributed by atoms with Crippen molar-refractivity contribution >= 4 is 40.0 Å². The van der Waals surface area contributed by atoms with E-state index in [1.165, 1.54) is 12.8 Å². The standard InChI is InChI=1S/C32H28N6O2S/c39-31(22-11-14-24(15-12-22)40-32(41)38-19-7-1-2-8-20-38)35-23-13-16-25-28(21-23)37-30(27-10-4-6-18-34-27)29(36-25)26-9-3-5-17-33-26/h3-6,9-18,21H,1-2,7-8,19-20H2,(H,35,39). The van der Waals surface area contributed by atoms with Gasteiger partial charge in [-0.05, 0) is 91.8 Å². The van der Waals surface area contributed by atoms with E-state index >= 15 is 0 Å². The number of pyridine rings is 2. The Hall–Kier alpha value is -4.76. The van der Waals surface area contributed by atoms with Gasteiger partial charge in [-0.2, -0.15) is 0 Å². The van der Waals surface area contributed by atoms with Crippen LogP contribution in [0.2, 0.25) is 0 Å². The molecule has 3 aromatic heterocycles. The van der Waals surface area contributed by atoms with Crippen molar-refractivity contribution in [2.45, 2.75) is 25.7 Å². The van der Waals surface area contributed by atoms with Gasteiger partial charge in [0.05, 0.1) is 22.4 Å². The Balaban J connectivity index is 1.21. The fraction of sp³-hybridized carbons (Fsp3) is 0.188. The third-order valence-corrected chi connectivity index (χ3v) is 7.26. The van der Waals surface area contributed by atoms with Gasteiger partial charge in [0.15, 0.2) is 0 Å². The van der Waals surface area contributed by atoms with E-state index in [9.17, 15) is 4.79 Å². The van der Waals surface area contributed by atoms with E-state index in [1.54, 1.807) is 36.7 Å². The predicted octanol–water partition coefficient (Wildman–Crippen LogP) is 6.55. The molecule has 0 aliphatic carbocycles. The maximum Gasteiger partial charge on any atom is 0.264 e. The van der Waals surface area contributed by atoms with Crippen molar-refractivity contribution in [3.63, 3.8) is 0 Å². The molecular weight excluding hydrogens is 532 g/mol. The number of nitrogens with one attached hydrogen (secondary N) is 1. The summed E-state index contributed by atoms with van der Waals surface area (Å²) in [4.78, 5) is 33.9. The van der Waals surface area contributed by atoms with E-state index in [0.717, 1.165) is 25.9 Å². The molecule has 1 aliphatic rings. The molecule has 0 bridgehead atoms. The highest BCUT2D eigenvalue weighted by atomic mass is 32.1. The number of nitrogens with zero attached hydrogens (tertiary/aromatic N) is 5. The maximum atomic E-state index is 13.1. The summed E-state index contributed by atoms with van der Waals surface area (Å²) in [5.74, 6) is 0.372. The monoisotopic (exact) mass is 560 g/mol. The van der Waals surface area contributed by atoms with E-state index in [1.807, 2.05) is 54.6 Å². The first kappa shape index (κ1) is 26.5. The van der Waals surface area contributed by atoms with Crippen LogP contribution < -0.4 is 10.1 Å². The largest absolute Gasteiger partial charge is 0.432 e. The molecule has 0 spiro atoms. The zero-order chi connectivity index (χ0) is 28.0. The van der Waals surface area contributed by atoms with Crippen molar-refractivity contribution in [1.82, 2.24) is 24.8 Å². The Morgan fingerprint density at radius 2 is 1.39 bits per heavy atom. The van der Waals surface area contributed by atoms with Crippen molar-refractivity contribution in [1.29, 1.82) is 0 Å². The van der Waals surface area contributed by atoms with E-state index in [-0.39, 0.29) is 5.91 Å². The number of aromatic nitrogens is 4. The van der Waals surface area contributed by atoms with Crippen molar-refractivity contribution < 1.29 is 9.53 Å². The molecule has 2 aromatic carbocycles. The third kappa shape index (κ3) is 6.20. The molecule has 1 fully saturated rings. The Labute approximate surface area is 243 Å². The highest BCUT2D eigenvalue weighted by Crippen LogP contribution is 2.29. The summed E-state index contributed by atoms with van der Waals surface area (Å²) >= 11 is 5.51. The number of anilines is 1. The topological polar surface area (TPSA) is 93.1 Å². The van der Waals surface area contributed by atoms with Gasteiger partial charge < -0.3 is 15.0 Å². The van der Waals surface area contributed by atoms with Gasteiger partial charge in [0.2, 0.25) is 0 Å². The number of rotatable bonds is 5. The first-order chi connectivity index (χ1) is 20.1. The lowest BCUT2D eigenvalue weighted by Gasteiger charge is -2.22. The summed E-state index contributed by atoms with van der Waals surface area (Å²) in [6.07, 6.45) is 8.15. The van der Waals surface area contributed by atoms with Gasteiger partial charge in [0, 0.05) is 36.7 Å². The first-order valence-corrected chi connectivity index (χ1v) is 14.1. The number of carbonyl (C=O) groups excluding carboxylic acids is 1. The molecule has 1 N–H and O–H groups in total. The van der Waals surface area contributed by atoms with E-state index in [2.05, 4.69) is 20.2 Å². The summed E-state index contributed by atoms with van der Waals surface area (Å²) in [7, 11) is 0. The minimum absolute atomic E-state index is 0.242. The number of likely N-dealkylation sites (tertiary alicyclic amines) is 1. The summed E-state index contributed by atoms with van der Waals surface area (Å²) in [5.41, 5.74) is 5.09. The fourth-order valence-corrected chi connectivity index (χ4v) is 5.07. The summed E-state index contributed by atoms with van der Waals surface area (Å²) < 4.78 is 5.90. The quantitative estimate of drug-likeness (QED) is 0.242. The van der Waals surface area contributed by atoms with Crippen molar-refractivity contribution in [3.05, 3.63) is 96.8 Å². The zero-order valence-electron chi connectivity index (χ0n) is 22.4. The number of amides is 1. The number of ether oxygens (including phenoxy) is 1. The third-order valence-electron chi connectivity index (χ3n) is 6.92. The lowest BCUT2D eigenvalue weighted by Crippen LogP contribution is -2.34. The second-order valence-corrected chi connectivity index (χ2v) is 10.2. The summed E-state index contributed by atoms with van der Waals surface area (Å²) in [5, 5.41) is 3.45. The lowest BCUT2D eigenvalue weighted by atomic mass is 10.1. The SMILES string of the molecule is O=C(Nc1ccc2nc(-c3ccccn3)c(-c3ccccn3)nc2c1)c1ccc(OC(=S)N2CCCCCC2)cc1. The highest BCUT2D eigenvalue weighted by molar-refractivity contribution is 7.80. The van der Waals surface area contributed by atoms with Crippen LogP contribution >= 0.6 is 12.2 Å². The molecule has 0 saturated carbocycles. The number of hydrogen-bond donors (Lipinski definition) is 1. The van der Waals surface area contributed by atoms with E-state index < -0.39 is 0 Å². The minimum Gasteiger partial charge on any atom is -0.432 e. The Kier molecular flexibility index (Phi) is 7.86. The normalized spacial score (nSPS) is 13.4. The van der Waals surface area contributed by atoms with Gasteiger partial charge in [0.1, 0.15) is 17.1 Å². The molecule has 4 heterocycles. The van der Waals surface area contributed by atoms with Gasteiger partial charge in [-0.15, -0.1) is 0 Å². The van der Waals surface area contributed by atoms with E-state index in [4.69, 9.17) is 26.9 Å². The molecule has 0 atom stereocenters. The highest BCUT2D eigenvalue weighted by Gasteiger charge is 2.17. The molecule has 6 rings (SSSR count). The average Bonchev–Trinajstić information content (AvgIpc) is 3.32. The van der Waals surface area contributed by atoms with Crippen LogP contribution in [-0.2, 0) is 0 Å². The van der Waals surface area contributed by atoms with Crippen molar-refractivity contribution in [3.8, 4) is 28.5 Å². The van der Waals surface area contributed by atoms with Crippen LogP contribution in [0.25, 0.3) is 33.8 Å². The number of thiocarbonyl (C=S) groups is 1. The van der Waals surface area contributed by atoms with Crippen LogP contribution in [0.15, 0.2) is 91.3 Å². The first-order valence-electron chi connectivity index (χ1n) is 13.7. The molecule has 1 aliphatic heterocycles. The average molecular weight is 561 g/mol. The number of fused-ring (bicyclic) bond motifs is 1. The Morgan fingerprint density at radius 3 is 2.00 bits per heavy atom. The number of benzene rings is 2. The molecule has 9 heteroatoms. The summed E-state index contributed by atoms with van der Waals surface area (Å²) in [6.45, 7) is 1.84. The van der Waals surface area contributed by atoms with Crippen LogP contribution in [0.5, 0.6) is 5.75 Å². The van der Waals surface area contributed by atoms with Gasteiger partial charge in [-0.1, -0.05) is 25.0 Å². The molecule has 1 amide bonds. The summed E-state index contributed by atoms with van der Waals surface area (Å²) in [6, 6.07) is 23.8. The molecule has 204 valence electrons. The number of hydrogen-bond acceptors (Lipinski definition) is 7. The van der Waals surface area contributed by atoms with Crippen LogP contribution in [0.4, 0.5) is 5.69 Å². The van der Waals surface area contributed by atoms with Crippen molar-refractivity contribution in [2.24, 2.45) is 0 Å². The molecule has 1 saturated heterocycles. The van der Waals surface area contributed by atoms with E-state index in [0.29, 0.717) is 56.0 Å². The molecule has 5 aromatic rings. The van der Waals surface area contributed by atoms with Crippen LogP contribution in [-0.4, -0.2) is 49.0 Å². The van der Waals surface area contributed by atoms with Crippen molar-refractivity contribution in [2.75, 3.05) is 18.4 Å². The molecule has 0 radical (unpaired) electrons. The molecule has 41 heavy (non-hydrogen) atoms. The van der Waals surface area contributed by atoms with Gasteiger partial charge in [-0.25, -0.2) is 9.97 Å². The van der Waals surface area contributed by atoms with Crippen LogP contribution in [0, 0.1) is 0 Å². The van der Waals surface area contributed by atoms with Gasteiger partial charge in [0.25, 0.3) is 11.1 Å². The minimum atomic E-state index is -0.242. The Bertz CT molecular complexity index is 1670. The maximum absolute atomic E-state index is 13.1. The zero-order valence-corrected chi connectivity index (χ0v) is 23.2. The van der Waals surface area contributed by atoms with Crippen LogP contribution in [0.1, 0.15) is 36.0 Å². The Morgan fingerprint density at radius 1 is 0.756 bits per heavy atom. The number of carbonyl (C=O) groups is 1. The lowest BCUT2D eigenvalue weighted by molar-refractivity contribution is 0.102. The molecule has 8 nitrogen and oxygen atoms in total. The second-order valence-electron chi connectivity index (χ2n) is 9.80. The van der Waals surface area contributed by atoms with Crippen LogP contribution in [0.3, 0.4) is 0 Å².